The first-order valence-corrected chi connectivity index (χ1v) is 19.6. The summed E-state index contributed by atoms with van der Waals surface area (Å²) in [6, 6.07) is 0. The van der Waals surface area contributed by atoms with Crippen LogP contribution in [0.2, 0.25) is 0 Å². The minimum atomic E-state index is -0.293. The first-order valence-electron chi connectivity index (χ1n) is 19.6. The van der Waals surface area contributed by atoms with Crippen molar-refractivity contribution in [3.63, 3.8) is 0 Å². The third-order valence-corrected chi connectivity index (χ3v) is 8.97. The summed E-state index contributed by atoms with van der Waals surface area (Å²) in [4.78, 5) is 25.2. The lowest BCUT2D eigenvalue weighted by molar-refractivity contribution is -0.173. The molecule has 0 aromatic heterocycles. The van der Waals surface area contributed by atoms with Gasteiger partial charge in [0.15, 0.2) is 0 Å². The molecule has 0 amide bonds. The van der Waals surface area contributed by atoms with Gasteiger partial charge in [-0.3, -0.25) is 9.59 Å². The Kier molecular flexibility index (Phi) is 28.7. The van der Waals surface area contributed by atoms with E-state index < -0.39 is 0 Å². The van der Waals surface area contributed by atoms with Gasteiger partial charge in [0.1, 0.15) is 12.2 Å². The largest absolute Gasteiger partial charge is 0.458 e. The van der Waals surface area contributed by atoms with E-state index in [1.54, 1.807) is 0 Å². The number of ether oxygens (including phenoxy) is 2. The van der Waals surface area contributed by atoms with Gasteiger partial charge in [-0.05, 0) is 95.8 Å². The molecule has 0 aromatic carbocycles. The number of unbranched alkanes of at least 4 members (excludes halogenated alkanes) is 15. The van der Waals surface area contributed by atoms with Gasteiger partial charge >= 0.3 is 11.9 Å². The molecular formula is C42H72O4. The summed E-state index contributed by atoms with van der Waals surface area (Å²) in [5, 5.41) is 0. The molecule has 0 unspecified atom stereocenters. The monoisotopic (exact) mass is 641 g/mol. The lowest BCUT2D eigenvalue weighted by Crippen LogP contribution is -2.40. The third kappa shape index (κ3) is 26.0. The molecule has 0 heterocycles. The quantitative estimate of drug-likeness (QED) is 0.0464. The van der Waals surface area contributed by atoms with Crippen LogP contribution in [0.15, 0.2) is 48.6 Å². The molecule has 46 heavy (non-hydrogen) atoms. The zero-order valence-corrected chi connectivity index (χ0v) is 30.4. The molecule has 0 bridgehead atoms. The van der Waals surface area contributed by atoms with E-state index in [9.17, 15) is 9.59 Å². The zero-order chi connectivity index (χ0) is 33.3. The number of hydrogen-bond acceptors (Lipinski definition) is 4. The van der Waals surface area contributed by atoms with E-state index in [1.807, 2.05) is 0 Å². The fraction of sp³-hybridized carbons (Fsp3) is 0.762. The lowest BCUT2D eigenvalue weighted by Gasteiger charge is -2.33. The maximum Gasteiger partial charge on any atom is 0.306 e. The van der Waals surface area contributed by atoms with Crippen molar-refractivity contribution in [3.05, 3.63) is 48.6 Å². The van der Waals surface area contributed by atoms with Crippen molar-refractivity contribution in [2.45, 2.75) is 200 Å². The van der Waals surface area contributed by atoms with Gasteiger partial charge in [-0.25, -0.2) is 0 Å². The van der Waals surface area contributed by atoms with Crippen molar-refractivity contribution in [2.75, 3.05) is 0 Å². The van der Waals surface area contributed by atoms with Crippen LogP contribution in [0.4, 0.5) is 0 Å². The highest BCUT2D eigenvalue weighted by molar-refractivity contribution is 5.70. The van der Waals surface area contributed by atoms with E-state index in [1.165, 1.54) is 70.6 Å². The van der Waals surface area contributed by atoms with Crippen LogP contribution in [-0.2, 0) is 19.1 Å². The average Bonchev–Trinajstić information content (AvgIpc) is 3.04. The fourth-order valence-corrected chi connectivity index (χ4v) is 5.99. The van der Waals surface area contributed by atoms with Crippen molar-refractivity contribution in [2.24, 2.45) is 5.92 Å². The molecule has 0 radical (unpaired) electrons. The fourth-order valence-electron chi connectivity index (χ4n) is 5.99. The molecule has 0 saturated heterocycles. The first-order chi connectivity index (χ1) is 22.6. The van der Waals surface area contributed by atoms with Crippen molar-refractivity contribution in [1.82, 2.24) is 0 Å². The Labute approximate surface area is 284 Å². The zero-order valence-electron chi connectivity index (χ0n) is 30.4. The minimum Gasteiger partial charge on any atom is -0.458 e. The van der Waals surface area contributed by atoms with Crippen LogP contribution in [0, 0.1) is 5.92 Å². The smallest absolute Gasteiger partial charge is 0.306 e. The second kappa shape index (κ2) is 31.5. The molecule has 1 rings (SSSR count). The number of carbonyl (C=O) groups is 2. The van der Waals surface area contributed by atoms with Gasteiger partial charge < -0.3 is 9.47 Å². The molecule has 1 saturated carbocycles. The van der Waals surface area contributed by atoms with Crippen molar-refractivity contribution in [1.29, 1.82) is 0 Å². The minimum absolute atomic E-state index is 0.135. The molecule has 4 heteroatoms. The number of allylic oxidation sites excluding steroid dienone is 8. The van der Waals surface area contributed by atoms with E-state index in [0.717, 1.165) is 83.5 Å². The topological polar surface area (TPSA) is 52.6 Å². The van der Waals surface area contributed by atoms with Crippen LogP contribution in [0.5, 0.6) is 0 Å². The molecule has 1 aliphatic rings. The maximum absolute atomic E-state index is 12.6. The maximum atomic E-state index is 12.6. The predicted octanol–water partition coefficient (Wildman–Crippen LogP) is 12.9. The second-order valence-electron chi connectivity index (χ2n) is 13.6. The SMILES string of the molecule is CCCC/C=C\C/C=C\CCCCCCCC(=O)O[C@H]1CC[C@@H](C)C[C@H]1OC(=O)CCCCCCC/C=C\C/C=C\CCCCC. The third-order valence-electron chi connectivity index (χ3n) is 8.97. The van der Waals surface area contributed by atoms with Crippen LogP contribution in [0.25, 0.3) is 0 Å². The molecule has 1 aliphatic carbocycles. The van der Waals surface area contributed by atoms with E-state index >= 15 is 0 Å². The molecule has 4 nitrogen and oxygen atoms in total. The molecule has 0 aromatic rings. The van der Waals surface area contributed by atoms with Crippen molar-refractivity contribution < 1.29 is 19.1 Å². The summed E-state index contributed by atoms with van der Waals surface area (Å²) in [5.74, 6) is 0.217. The number of carbonyl (C=O) groups excluding carboxylic acids is 2. The van der Waals surface area contributed by atoms with Crippen LogP contribution < -0.4 is 0 Å². The predicted molar refractivity (Wildman–Crippen MR) is 197 cm³/mol. The van der Waals surface area contributed by atoms with Crippen molar-refractivity contribution >= 4 is 11.9 Å². The van der Waals surface area contributed by atoms with E-state index in [0.29, 0.717) is 18.8 Å². The number of hydrogen-bond donors (Lipinski definition) is 0. The molecule has 3 atom stereocenters. The standard InChI is InChI=1S/C42H72O4/c1-4-6-8-10-12-14-16-18-20-22-24-26-28-30-32-34-42(44)46-40-37-38(3)35-36-39(40)45-41(43)33-31-29-27-25-23-21-19-17-15-13-11-9-7-5-2/h11-14,17-20,38-40H,4-10,15-16,21-37H2,1-3H3/b13-11-,14-12-,19-17-,20-18-/t38-,39+,40-/m1/s1. The summed E-state index contributed by atoms with van der Waals surface area (Å²) in [5.41, 5.74) is 0. The Morgan fingerprint density at radius 2 is 0.913 bits per heavy atom. The highest BCUT2D eigenvalue weighted by Crippen LogP contribution is 2.29. The van der Waals surface area contributed by atoms with Gasteiger partial charge in [0.05, 0.1) is 0 Å². The Morgan fingerprint density at radius 3 is 1.41 bits per heavy atom. The van der Waals surface area contributed by atoms with Crippen molar-refractivity contribution in [3.8, 4) is 0 Å². The van der Waals surface area contributed by atoms with Gasteiger partial charge in [0, 0.05) is 12.8 Å². The van der Waals surface area contributed by atoms with Gasteiger partial charge in [-0.2, -0.15) is 0 Å². The average molecular weight is 641 g/mol. The molecule has 0 N–H and O–H groups in total. The summed E-state index contributed by atoms with van der Waals surface area (Å²) < 4.78 is 11.7. The summed E-state index contributed by atoms with van der Waals surface area (Å²) in [6.45, 7) is 6.67. The lowest BCUT2D eigenvalue weighted by atomic mass is 9.86. The summed E-state index contributed by atoms with van der Waals surface area (Å²) in [6.07, 6.45) is 45.5. The highest BCUT2D eigenvalue weighted by Gasteiger charge is 2.34. The van der Waals surface area contributed by atoms with Crippen LogP contribution in [0.1, 0.15) is 188 Å². The van der Waals surface area contributed by atoms with E-state index in [2.05, 4.69) is 69.4 Å². The molecule has 1 fully saturated rings. The van der Waals surface area contributed by atoms with E-state index in [4.69, 9.17) is 9.47 Å². The normalized spacial score (nSPS) is 18.8. The van der Waals surface area contributed by atoms with Gasteiger partial charge in [0.25, 0.3) is 0 Å². The second-order valence-corrected chi connectivity index (χ2v) is 13.6. The number of rotatable bonds is 29. The Bertz CT molecular complexity index is 839. The molecule has 0 aliphatic heterocycles. The Balaban J connectivity index is 2.10. The molecule has 264 valence electrons. The van der Waals surface area contributed by atoms with Gasteiger partial charge in [-0.15, -0.1) is 0 Å². The Morgan fingerprint density at radius 1 is 0.500 bits per heavy atom. The van der Waals surface area contributed by atoms with Crippen LogP contribution in [-0.4, -0.2) is 24.1 Å². The first kappa shape index (κ1) is 41.9. The van der Waals surface area contributed by atoms with E-state index in [-0.39, 0.29) is 24.1 Å². The summed E-state index contributed by atoms with van der Waals surface area (Å²) in [7, 11) is 0. The molecule has 0 spiro atoms. The van der Waals surface area contributed by atoms with Gasteiger partial charge in [-0.1, -0.05) is 134 Å². The highest BCUT2D eigenvalue weighted by atomic mass is 16.6. The molecular weight excluding hydrogens is 568 g/mol. The number of esters is 2. The van der Waals surface area contributed by atoms with Crippen LogP contribution >= 0.6 is 0 Å². The summed E-state index contributed by atoms with van der Waals surface area (Å²) >= 11 is 0. The van der Waals surface area contributed by atoms with Gasteiger partial charge in [0.2, 0.25) is 0 Å². The Hall–Kier alpha value is -2.10. The van der Waals surface area contributed by atoms with Crippen LogP contribution in [0.3, 0.4) is 0 Å².